The molecule has 6 nitrogen and oxygen atoms in total. The van der Waals surface area contributed by atoms with Crippen molar-refractivity contribution in [2.24, 2.45) is 5.10 Å². The van der Waals surface area contributed by atoms with E-state index in [0.717, 1.165) is 0 Å². The van der Waals surface area contributed by atoms with Crippen LogP contribution in [0.4, 0.5) is 0 Å². The fourth-order valence-corrected chi connectivity index (χ4v) is 2.79. The summed E-state index contributed by atoms with van der Waals surface area (Å²) >= 11 is 12.2. The zero-order valence-corrected chi connectivity index (χ0v) is 16.5. The van der Waals surface area contributed by atoms with Gasteiger partial charge in [-0.15, -0.1) is 0 Å². The van der Waals surface area contributed by atoms with E-state index < -0.39 is 5.91 Å². The van der Waals surface area contributed by atoms with E-state index in [1.54, 1.807) is 48.5 Å². The largest absolute Gasteiger partial charge is 0.497 e. The number of hydrazone groups is 1. The van der Waals surface area contributed by atoms with Crippen LogP contribution in [0.3, 0.4) is 0 Å². The number of nitrogens with one attached hydrogen (secondary N) is 1. The summed E-state index contributed by atoms with van der Waals surface area (Å²) in [5.74, 6) is 1.57. The first kappa shape index (κ1) is 19.8. The van der Waals surface area contributed by atoms with Crippen LogP contribution in [0.1, 0.15) is 16.1 Å². The van der Waals surface area contributed by atoms with Gasteiger partial charge in [0.25, 0.3) is 5.91 Å². The van der Waals surface area contributed by atoms with E-state index in [4.69, 9.17) is 37.1 Å². The molecule has 1 amide bonds. The second-order valence-electron chi connectivity index (χ2n) is 5.63. The maximum absolute atomic E-state index is 12.3. The molecule has 1 N–H and O–H groups in total. The van der Waals surface area contributed by atoms with E-state index in [1.807, 2.05) is 0 Å². The highest BCUT2D eigenvalue weighted by atomic mass is 35.5. The van der Waals surface area contributed by atoms with Gasteiger partial charge in [0.15, 0.2) is 0 Å². The molecule has 0 atom stereocenters. The lowest BCUT2D eigenvalue weighted by molar-refractivity contribution is 0.0954. The maximum Gasteiger partial charge on any atom is 0.271 e. The first-order valence-electron chi connectivity index (χ1n) is 8.12. The standard InChI is InChI=1S/C20H16Cl2N2O4/c1-26-15-7-12(8-16(10-15)27-2)20(25)24-23-11-14-4-6-19(28-14)17-9-13(21)3-5-18(17)22/h3-11H,1-2H3,(H,24,25)/b23-11+. The molecule has 0 aliphatic rings. The summed E-state index contributed by atoms with van der Waals surface area (Å²) in [4.78, 5) is 12.3. The van der Waals surface area contributed by atoms with Crippen molar-refractivity contribution in [2.75, 3.05) is 14.2 Å². The molecule has 144 valence electrons. The molecule has 8 heteroatoms. The van der Waals surface area contributed by atoms with Crippen LogP contribution < -0.4 is 14.9 Å². The first-order chi connectivity index (χ1) is 13.5. The fourth-order valence-electron chi connectivity index (χ4n) is 2.41. The normalized spacial score (nSPS) is 10.9. The molecule has 0 bridgehead atoms. The minimum Gasteiger partial charge on any atom is -0.497 e. The summed E-state index contributed by atoms with van der Waals surface area (Å²) in [6.07, 6.45) is 1.39. The second-order valence-corrected chi connectivity index (χ2v) is 6.47. The predicted octanol–water partition coefficient (Wildman–Crippen LogP) is 5.03. The Balaban J connectivity index is 1.71. The number of carbonyl (C=O) groups excluding carboxylic acids is 1. The molecule has 3 rings (SSSR count). The molecule has 0 fully saturated rings. The number of hydrogen-bond donors (Lipinski definition) is 1. The van der Waals surface area contributed by atoms with Gasteiger partial charge < -0.3 is 13.9 Å². The monoisotopic (exact) mass is 418 g/mol. The van der Waals surface area contributed by atoms with Crippen molar-refractivity contribution in [3.63, 3.8) is 0 Å². The molecule has 0 aliphatic carbocycles. The minimum absolute atomic E-state index is 0.346. The van der Waals surface area contributed by atoms with E-state index in [2.05, 4.69) is 10.5 Å². The Hall–Kier alpha value is -2.96. The Kier molecular flexibility index (Phi) is 6.23. The third kappa shape index (κ3) is 4.65. The Morgan fingerprint density at radius 2 is 1.75 bits per heavy atom. The molecular weight excluding hydrogens is 403 g/mol. The predicted molar refractivity (Wildman–Crippen MR) is 109 cm³/mol. The summed E-state index contributed by atoms with van der Waals surface area (Å²) in [5, 5.41) is 4.98. The topological polar surface area (TPSA) is 73.1 Å². The lowest BCUT2D eigenvalue weighted by Gasteiger charge is -2.07. The highest BCUT2D eigenvalue weighted by Gasteiger charge is 2.10. The van der Waals surface area contributed by atoms with Crippen molar-refractivity contribution >= 4 is 35.3 Å². The van der Waals surface area contributed by atoms with Crippen molar-refractivity contribution in [2.45, 2.75) is 0 Å². The number of furan rings is 1. The molecule has 0 unspecified atom stereocenters. The Morgan fingerprint density at radius 1 is 1.04 bits per heavy atom. The van der Waals surface area contributed by atoms with E-state index in [0.29, 0.717) is 44.2 Å². The van der Waals surface area contributed by atoms with Crippen LogP contribution in [0, 0.1) is 0 Å². The van der Waals surface area contributed by atoms with Crippen LogP contribution in [-0.2, 0) is 0 Å². The van der Waals surface area contributed by atoms with E-state index >= 15 is 0 Å². The summed E-state index contributed by atoms with van der Waals surface area (Å²) in [6.45, 7) is 0. The van der Waals surface area contributed by atoms with Gasteiger partial charge in [0, 0.05) is 22.2 Å². The van der Waals surface area contributed by atoms with Gasteiger partial charge in [0.2, 0.25) is 0 Å². The molecule has 1 heterocycles. The van der Waals surface area contributed by atoms with Gasteiger partial charge in [0.1, 0.15) is 23.0 Å². The maximum atomic E-state index is 12.3. The lowest BCUT2D eigenvalue weighted by atomic mass is 10.2. The van der Waals surface area contributed by atoms with Crippen molar-refractivity contribution in [1.29, 1.82) is 0 Å². The summed E-state index contributed by atoms with van der Waals surface area (Å²) in [5.41, 5.74) is 3.45. The number of hydrogen-bond acceptors (Lipinski definition) is 5. The van der Waals surface area contributed by atoms with Crippen LogP contribution in [0.2, 0.25) is 10.0 Å². The van der Waals surface area contributed by atoms with Crippen molar-refractivity contribution in [1.82, 2.24) is 5.43 Å². The Labute approximate surface area is 171 Å². The van der Waals surface area contributed by atoms with Crippen LogP contribution in [0.15, 0.2) is 58.0 Å². The number of nitrogens with zero attached hydrogens (tertiary/aromatic N) is 1. The first-order valence-corrected chi connectivity index (χ1v) is 8.87. The molecule has 1 aromatic heterocycles. The van der Waals surface area contributed by atoms with Gasteiger partial charge in [-0.2, -0.15) is 5.10 Å². The average Bonchev–Trinajstić information content (AvgIpc) is 3.17. The molecule has 0 spiro atoms. The van der Waals surface area contributed by atoms with E-state index in [1.165, 1.54) is 20.4 Å². The van der Waals surface area contributed by atoms with Gasteiger partial charge in [-0.1, -0.05) is 23.2 Å². The number of halogens is 2. The van der Waals surface area contributed by atoms with Crippen LogP contribution in [-0.4, -0.2) is 26.3 Å². The summed E-state index contributed by atoms with van der Waals surface area (Å²) < 4.78 is 16.0. The number of ether oxygens (including phenoxy) is 2. The van der Waals surface area contributed by atoms with Gasteiger partial charge >= 0.3 is 0 Å². The Morgan fingerprint density at radius 3 is 2.43 bits per heavy atom. The van der Waals surface area contributed by atoms with Gasteiger partial charge in [0.05, 0.1) is 25.5 Å². The van der Waals surface area contributed by atoms with Gasteiger partial charge in [-0.3, -0.25) is 4.79 Å². The summed E-state index contributed by atoms with van der Waals surface area (Å²) in [7, 11) is 3.02. The molecule has 0 radical (unpaired) electrons. The molecule has 2 aromatic carbocycles. The Bertz CT molecular complexity index is 1010. The fraction of sp³-hybridized carbons (Fsp3) is 0.100. The average molecular weight is 419 g/mol. The molecule has 0 aliphatic heterocycles. The zero-order chi connectivity index (χ0) is 20.1. The molecule has 28 heavy (non-hydrogen) atoms. The zero-order valence-electron chi connectivity index (χ0n) is 15.0. The van der Waals surface area contributed by atoms with E-state index in [-0.39, 0.29) is 0 Å². The third-order valence-corrected chi connectivity index (χ3v) is 4.36. The molecule has 3 aromatic rings. The number of amides is 1. The van der Waals surface area contributed by atoms with Crippen LogP contribution in [0.5, 0.6) is 11.5 Å². The smallest absolute Gasteiger partial charge is 0.271 e. The van der Waals surface area contributed by atoms with Gasteiger partial charge in [-0.05, 0) is 42.5 Å². The molecule has 0 saturated carbocycles. The summed E-state index contributed by atoms with van der Waals surface area (Å²) in [6, 6.07) is 13.4. The number of carbonyl (C=O) groups is 1. The SMILES string of the molecule is COc1cc(OC)cc(C(=O)N/N=C/c2ccc(-c3cc(Cl)ccc3Cl)o2)c1. The highest BCUT2D eigenvalue weighted by molar-refractivity contribution is 6.35. The second kappa shape index (κ2) is 8.82. The van der Waals surface area contributed by atoms with Crippen LogP contribution >= 0.6 is 23.2 Å². The third-order valence-electron chi connectivity index (χ3n) is 3.79. The van der Waals surface area contributed by atoms with Gasteiger partial charge in [-0.25, -0.2) is 5.43 Å². The minimum atomic E-state index is -0.418. The van der Waals surface area contributed by atoms with Crippen molar-refractivity contribution in [3.8, 4) is 22.8 Å². The van der Waals surface area contributed by atoms with E-state index in [9.17, 15) is 4.79 Å². The molecule has 0 saturated heterocycles. The number of rotatable bonds is 6. The highest BCUT2D eigenvalue weighted by Crippen LogP contribution is 2.31. The van der Waals surface area contributed by atoms with Crippen molar-refractivity contribution < 1.29 is 18.7 Å². The lowest BCUT2D eigenvalue weighted by Crippen LogP contribution is -2.17. The number of benzene rings is 2. The van der Waals surface area contributed by atoms with Crippen LogP contribution in [0.25, 0.3) is 11.3 Å². The number of methoxy groups -OCH3 is 2. The molecular formula is C20H16Cl2N2O4. The quantitative estimate of drug-likeness (QED) is 0.449. The van der Waals surface area contributed by atoms with Crippen molar-refractivity contribution in [3.05, 3.63) is 69.9 Å².